The summed E-state index contributed by atoms with van der Waals surface area (Å²) in [6.45, 7) is -0.677. The number of aromatic nitrogens is 2. The van der Waals surface area contributed by atoms with Crippen LogP contribution in [-0.4, -0.2) is 42.9 Å². The molecule has 2 aromatic heterocycles. The first-order valence-electron chi connectivity index (χ1n) is 6.87. The summed E-state index contributed by atoms with van der Waals surface area (Å²) in [5.41, 5.74) is -0.697. The molecular formula is C15H13N3O6. The van der Waals surface area contributed by atoms with Crippen LogP contribution in [-0.2, 0) is 11.8 Å². The summed E-state index contributed by atoms with van der Waals surface area (Å²) in [4.78, 5) is 35.0. The van der Waals surface area contributed by atoms with Gasteiger partial charge in [0.2, 0.25) is 0 Å². The number of aryl methyl sites for hydroxylation is 1. The Balaban J connectivity index is 2.30. The quantitative estimate of drug-likeness (QED) is 0.534. The number of nitrogens with one attached hydrogen (secondary N) is 1. The number of phenols is 1. The Kier molecular flexibility index (Phi) is 3.40. The number of hydrogen-bond acceptors (Lipinski definition) is 5. The second-order valence-corrected chi connectivity index (χ2v) is 5.21. The second-order valence-electron chi connectivity index (χ2n) is 5.21. The van der Waals surface area contributed by atoms with Crippen molar-refractivity contribution >= 4 is 28.3 Å². The van der Waals surface area contributed by atoms with Crippen molar-refractivity contribution in [3.63, 3.8) is 0 Å². The molecule has 0 bridgehead atoms. The fourth-order valence-electron chi connectivity index (χ4n) is 2.60. The average molecular weight is 331 g/mol. The molecule has 0 spiro atoms. The van der Waals surface area contributed by atoms with Crippen molar-refractivity contribution in [1.82, 2.24) is 14.5 Å². The van der Waals surface area contributed by atoms with Crippen LogP contribution in [0.1, 0.15) is 10.4 Å². The van der Waals surface area contributed by atoms with Gasteiger partial charge in [0.05, 0.1) is 5.52 Å². The lowest BCUT2D eigenvalue weighted by atomic mass is 10.2. The normalized spacial score (nSPS) is 11.0. The predicted octanol–water partition coefficient (Wildman–Crippen LogP) is 0.0168. The van der Waals surface area contributed by atoms with E-state index in [2.05, 4.69) is 5.32 Å². The molecule has 1 amide bonds. The number of phenolic OH excluding ortho intramolecular Hbond substituents is 1. The lowest BCUT2D eigenvalue weighted by Crippen LogP contribution is -2.36. The van der Waals surface area contributed by atoms with Crippen LogP contribution in [0.25, 0.3) is 16.4 Å². The van der Waals surface area contributed by atoms with Crippen LogP contribution in [0.3, 0.4) is 0 Å². The van der Waals surface area contributed by atoms with Gasteiger partial charge in [0.25, 0.3) is 11.5 Å². The van der Waals surface area contributed by atoms with Crippen LogP contribution < -0.4 is 10.9 Å². The van der Waals surface area contributed by atoms with Crippen LogP contribution in [0.2, 0.25) is 0 Å². The first kappa shape index (κ1) is 15.4. The maximum absolute atomic E-state index is 12.4. The Morgan fingerprint density at radius 3 is 2.54 bits per heavy atom. The zero-order valence-electron chi connectivity index (χ0n) is 12.5. The van der Waals surface area contributed by atoms with Gasteiger partial charge in [0.1, 0.15) is 23.4 Å². The van der Waals surface area contributed by atoms with E-state index in [9.17, 15) is 24.6 Å². The molecule has 0 atom stereocenters. The maximum Gasteiger partial charge on any atom is 0.322 e. The number of aromatic hydroxyl groups is 2. The number of carboxylic acid groups (broad SMARTS) is 1. The number of aliphatic carboxylic acids is 1. The number of nitrogens with zero attached hydrogens (tertiary/aromatic N) is 2. The highest BCUT2D eigenvalue weighted by Crippen LogP contribution is 2.29. The van der Waals surface area contributed by atoms with E-state index in [1.54, 1.807) is 12.1 Å². The third-order valence-electron chi connectivity index (χ3n) is 3.68. The molecular weight excluding hydrogens is 318 g/mol. The van der Waals surface area contributed by atoms with E-state index < -0.39 is 35.3 Å². The number of carbonyl (C=O) groups is 2. The first-order valence-corrected chi connectivity index (χ1v) is 6.87. The second kappa shape index (κ2) is 5.30. The summed E-state index contributed by atoms with van der Waals surface area (Å²) in [6.07, 6.45) is 0. The van der Waals surface area contributed by atoms with Crippen molar-refractivity contribution in [1.29, 1.82) is 0 Å². The Morgan fingerprint density at radius 2 is 1.88 bits per heavy atom. The molecule has 3 rings (SSSR count). The molecule has 0 aliphatic carbocycles. The van der Waals surface area contributed by atoms with Crippen molar-refractivity contribution in [2.75, 3.05) is 6.54 Å². The summed E-state index contributed by atoms with van der Waals surface area (Å²) in [6, 6.07) is 6.03. The molecule has 0 saturated heterocycles. The molecule has 2 heterocycles. The van der Waals surface area contributed by atoms with E-state index in [0.29, 0.717) is 10.9 Å². The zero-order chi connectivity index (χ0) is 17.6. The molecule has 124 valence electrons. The van der Waals surface area contributed by atoms with Crippen LogP contribution >= 0.6 is 0 Å². The number of rotatable bonds is 3. The molecule has 1 aromatic carbocycles. The highest BCUT2D eigenvalue weighted by atomic mass is 16.4. The number of carboxylic acids is 1. The van der Waals surface area contributed by atoms with Gasteiger partial charge in [-0.1, -0.05) is 0 Å². The molecule has 9 nitrogen and oxygen atoms in total. The Hall–Kier alpha value is -3.49. The largest absolute Gasteiger partial charge is 0.508 e. The number of fused-ring (bicyclic) bond motifs is 3. The van der Waals surface area contributed by atoms with E-state index in [1.807, 2.05) is 0 Å². The Morgan fingerprint density at radius 1 is 1.17 bits per heavy atom. The van der Waals surface area contributed by atoms with Gasteiger partial charge in [0.15, 0.2) is 5.75 Å². The fraction of sp³-hybridized carbons (Fsp3) is 0.133. The highest BCUT2D eigenvalue weighted by Gasteiger charge is 2.23. The van der Waals surface area contributed by atoms with E-state index in [1.165, 1.54) is 23.7 Å². The van der Waals surface area contributed by atoms with Gasteiger partial charge >= 0.3 is 5.97 Å². The van der Waals surface area contributed by atoms with Crippen molar-refractivity contribution in [3.05, 3.63) is 40.2 Å². The molecule has 0 aliphatic rings. The topological polar surface area (TPSA) is 133 Å². The number of benzene rings is 1. The molecule has 3 aromatic rings. The van der Waals surface area contributed by atoms with Crippen molar-refractivity contribution in [2.45, 2.75) is 0 Å². The lowest BCUT2D eigenvalue weighted by Gasteiger charge is -2.11. The third kappa shape index (κ3) is 2.22. The van der Waals surface area contributed by atoms with Crippen molar-refractivity contribution < 1.29 is 24.9 Å². The van der Waals surface area contributed by atoms with Crippen molar-refractivity contribution in [2.24, 2.45) is 7.05 Å². The molecule has 0 aliphatic heterocycles. The zero-order valence-corrected chi connectivity index (χ0v) is 12.5. The number of amides is 1. The Labute approximate surface area is 134 Å². The molecule has 0 saturated carbocycles. The number of hydrogen-bond donors (Lipinski definition) is 4. The van der Waals surface area contributed by atoms with Gasteiger partial charge in [0, 0.05) is 18.5 Å². The summed E-state index contributed by atoms with van der Waals surface area (Å²) in [5.74, 6) is -2.83. The van der Waals surface area contributed by atoms with E-state index in [-0.39, 0.29) is 11.3 Å². The summed E-state index contributed by atoms with van der Waals surface area (Å²) in [7, 11) is 1.40. The van der Waals surface area contributed by atoms with E-state index in [4.69, 9.17) is 5.11 Å². The lowest BCUT2D eigenvalue weighted by molar-refractivity contribution is -0.135. The number of carbonyl (C=O) groups excluding carboxylic acids is 1. The van der Waals surface area contributed by atoms with Crippen molar-refractivity contribution in [3.8, 4) is 11.5 Å². The van der Waals surface area contributed by atoms with Gasteiger partial charge in [-0.25, -0.2) is 9.20 Å². The Bertz CT molecular complexity index is 1060. The summed E-state index contributed by atoms with van der Waals surface area (Å²) >= 11 is 0. The van der Waals surface area contributed by atoms with Crippen LogP contribution in [0.15, 0.2) is 29.1 Å². The maximum atomic E-state index is 12.4. The minimum absolute atomic E-state index is 0.0160. The first-order chi connectivity index (χ1) is 11.3. The summed E-state index contributed by atoms with van der Waals surface area (Å²) in [5, 5.41) is 31.3. The average Bonchev–Trinajstić information content (AvgIpc) is 2.90. The van der Waals surface area contributed by atoms with E-state index in [0.717, 1.165) is 4.68 Å². The smallest absolute Gasteiger partial charge is 0.322 e. The van der Waals surface area contributed by atoms with Gasteiger partial charge in [-0.3, -0.25) is 14.4 Å². The van der Waals surface area contributed by atoms with E-state index >= 15 is 0 Å². The molecule has 4 N–H and O–H groups in total. The minimum Gasteiger partial charge on any atom is -0.508 e. The third-order valence-corrected chi connectivity index (χ3v) is 3.68. The summed E-state index contributed by atoms with van der Waals surface area (Å²) < 4.78 is 2.47. The fourth-order valence-corrected chi connectivity index (χ4v) is 2.60. The van der Waals surface area contributed by atoms with Crippen LogP contribution in [0.5, 0.6) is 11.5 Å². The molecule has 0 radical (unpaired) electrons. The predicted molar refractivity (Wildman–Crippen MR) is 83.4 cm³/mol. The monoisotopic (exact) mass is 331 g/mol. The molecule has 24 heavy (non-hydrogen) atoms. The van der Waals surface area contributed by atoms with Crippen LogP contribution in [0.4, 0.5) is 0 Å². The van der Waals surface area contributed by atoms with Gasteiger partial charge in [-0.05, 0) is 18.2 Å². The minimum atomic E-state index is -1.27. The SMILES string of the molecule is Cn1c(=O)c(C(=O)NCC(=O)O)c(O)c2cc3ccc(O)cc3n21. The van der Waals surface area contributed by atoms with Gasteiger partial charge < -0.3 is 20.6 Å². The molecule has 0 unspecified atom stereocenters. The molecule has 0 fully saturated rings. The molecule has 9 heteroatoms. The van der Waals surface area contributed by atoms with Gasteiger partial charge in [-0.2, -0.15) is 0 Å². The standard InChI is InChI=1S/C15H13N3O6/c1-17-15(24)12(14(23)16-6-11(20)21)13(22)10-4-7-2-3-8(19)5-9(7)18(10)17/h2-5,19,22H,6H2,1H3,(H,16,23)(H,20,21). The van der Waals surface area contributed by atoms with Crippen LogP contribution in [0, 0.1) is 0 Å². The van der Waals surface area contributed by atoms with Gasteiger partial charge in [-0.15, -0.1) is 0 Å². The highest BCUT2D eigenvalue weighted by molar-refractivity contribution is 6.01.